The number of hydrogen-bond donors (Lipinski definition) is 1. The molecule has 0 aliphatic carbocycles. The number of carbonyl (C=O) groups excluding carboxylic acids is 2. The van der Waals surface area contributed by atoms with Crippen molar-refractivity contribution < 1.29 is 23.1 Å². The fourth-order valence-electron chi connectivity index (χ4n) is 1.88. The van der Waals surface area contributed by atoms with Crippen LogP contribution in [0, 0.1) is 11.6 Å². The van der Waals surface area contributed by atoms with Crippen LogP contribution < -0.4 is 5.32 Å². The van der Waals surface area contributed by atoms with Gasteiger partial charge in [0.1, 0.15) is 11.6 Å². The van der Waals surface area contributed by atoms with Crippen LogP contribution in [-0.2, 0) is 20.7 Å². The van der Waals surface area contributed by atoms with E-state index in [9.17, 15) is 18.4 Å². The summed E-state index contributed by atoms with van der Waals surface area (Å²) in [4.78, 5) is 23.1. The zero-order valence-electron chi connectivity index (χ0n) is 12.2. The van der Waals surface area contributed by atoms with Crippen molar-refractivity contribution in [2.45, 2.75) is 12.8 Å². The average Bonchev–Trinajstić information content (AvgIpc) is 2.52. The highest BCUT2D eigenvalue weighted by molar-refractivity contribution is 5.92. The third-order valence-electron chi connectivity index (χ3n) is 3.00. The predicted octanol–water partition coefficient (Wildman–Crippen LogP) is 3.08. The van der Waals surface area contributed by atoms with Crippen LogP contribution in [0.3, 0.4) is 0 Å². The van der Waals surface area contributed by atoms with Crippen molar-refractivity contribution in [1.29, 1.82) is 0 Å². The summed E-state index contributed by atoms with van der Waals surface area (Å²) < 4.78 is 30.5. The number of nitrogens with one attached hydrogen (secondary N) is 1. The first-order chi connectivity index (χ1) is 11.0. The standard InChI is InChI=1S/C17H15F2NO3/c18-13-7-4-12(5-8-13)6-9-17(22)23-11-16(21)20-15-3-1-2-14(19)10-15/h1-5,7-8,10H,6,9,11H2,(H,20,21). The van der Waals surface area contributed by atoms with Crippen LogP contribution in [0.25, 0.3) is 0 Å². The molecule has 0 saturated heterocycles. The second-order valence-corrected chi connectivity index (χ2v) is 4.85. The van der Waals surface area contributed by atoms with E-state index in [2.05, 4.69) is 5.32 Å². The normalized spacial score (nSPS) is 10.2. The zero-order chi connectivity index (χ0) is 16.7. The molecule has 2 aromatic carbocycles. The molecule has 1 amide bonds. The Balaban J connectivity index is 1.71. The number of hydrogen-bond acceptors (Lipinski definition) is 3. The van der Waals surface area contributed by atoms with Gasteiger partial charge in [0.15, 0.2) is 6.61 Å². The van der Waals surface area contributed by atoms with Gasteiger partial charge in [-0.25, -0.2) is 8.78 Å². The Hall–Kier alpha value is -2.76. The summed E-state index contributed by atoms with van der Waals surface area (Å²) >= 11 is 0. The minimum absolute atomic E-state index is 0.0822. The lowest BCUT2D eigenvalue weighted by Crippen LogP contribution is -2.21. The highest BCUT2D eigenvalue weighted by Crippen LogP contribution is 2.09. The molecule has 0 aliphatic heterocycles. The largest absolute Gasteiger partial charge is 0.456 e. The van der Waals surface area contributed by atoms with E-state index in [1.165, 1.54) is 30.3 Å². The monoisotopic (exact) mass is 319 g/mol. The first-order valence-electron chi connectivity index (χ1n) is 6.98. The molecular weight excluding hydrogens is 304 g/mol. The van der Waals surface area contributed by atoms with Crippen molar-refractivity contribution in [3.05, 3.63) is 65.7 Å². The highest BCUT2D eigenvalue weighted by atomic mass is 19.1. The highest BCUT2D eigenvalue weighted by Gasteiger charge is 2.08. The fraction of sp³-hybridized carbons (Fsp3) is 0.176. The van der Waals surface area contributed by atoms with E-state index in [1.807, 2.05) is 0 Å². The van der Waals surface area contributed by atoms with Crippen LogP contribution in [0.4, 0.5) is 14.5 Å². The zero-order valence-corrected chi connectivity index (χ0v) is 12.2. The van der Waals surface area contributed by atoms with Crippen LogP contribution in [0.1, 0.15) is 12.0 Å². The molecule has 4 nitrogen and oxygen atoms in total. The molecular formula is C17H15F2NO3. The van der Waals surface area contributed by atoms with Gasteiger partial charge in [-0.05, 0) is 42.3 Å². The van der Waals surface area contributed by atoms with E-state index < -0.39 is 24.3 Å². The first kappa shape index (κ1) is 16.6. The maximum absolute atomic E-state index is 13.0. The molecule has 1 N–H and O–H groups in total. The van der Waals surface area contributed by atoms with E-state index in [4.69, 9.17) is 4.74 Å². The lowest BCUT2D eigenvalue weighted by Gasteiger charge is -2.07. The number of rotatable bonds is 6. The summed E-state index contributed by atoms with van der Waals surface area (Å²) in [6.45, 7) is -0.446. The SMILES string of the molecule is O=C(COC(=O)CCc1ccc(F)cc1)Nc1cccc(F)c1. The number of aryl methyl sites for hydroxylation is 1. The minimum Gasteiger partial charge on any atom is -0.456 e. The second kappa shape index (κ2) is 8.03. The molecule has 23 heavy (non-hydrogen) atoms. The summed E-state index contributed by atoms with van der Waals surface area (Å²) in [5.74, 6) is -1.90. The number of anilines is 1. The van der Waals surface area contributed by atoms with Gasteiger partial charge in [0.05, 0.1) is 0 Å². The summed E-state index contributed by atoms with van der Waals surface area (Å²) in [7, 11) is 0. The smallest absolute Gasteiger partial charge is 0.306 e. The summed E-state index contributed by atoms with van der Waals surface area (Å²) in [5.41, 5.74) is 1.09. The van der Waals surface area contributed by atoms with Crippen LogP contribution >= 0.6 is 0 Å². The molecule has 2 rings (SSSR count). The Labute approximate surface area is 132 Å². The fourth-order valence-corrected chi connectivity index (χ4v) is 1.88. The maximum Gasteiger partial charge on any atom is 0.306 e. The second-order valence-electron chi connectivity index (χ2n) is 4.85. The molecule has 0 unspecified atom stereocenters. The maximum atomic E-state index is 13.0. The molecule has 0 bridgehead atoms. The molecule has 0 saturated carbocycles. The van der Waals surface area contributed by atoms with E-state index in [0.29, 0.717) is 6.42 Å². The lowest BCUT2D eigenvalue weighted by molar-refractivity contribution is -0.147. The summed E-state index contributed by atoms with van der Waals surface area (Å²) in [6.07, 6.45) is 0.476. The third-order valence-corrected chi connectivity index (χ3v) is 3.00. The molecule has 0 radical (unpaired) electrons. The number of carbonyl (C=O) groups is 2. The van der Waals surface area contributed by atoms with Crippen LogP contribution in [0.2, 0.25) is 0 Å². The number of ether oxygens (including phenoxy) is 1. The van der Waals surface area contributed by atoms with Crippen molar-refractivity contribution in [3.8, 4) is 0 Å². The Morgan fingerprint density at radius 3 is 2.43 bits per heavy atom. The van der Waals surface area contributed by atoms with Gasteiger partial charge in [0.25, 0.3) is 5.91 Å². The first-order valence-corrected chi connectivity index (χ1v) is 6.98. The molecule has 0 fully saturated rings. The van der Waals surface area contributed by atoms with Crippen LogP contribution in [-0.4, -0.2) is 18.5 Å². The predicted molar refractivity (Wildman–Crippen MR) is 80.7 cm³/mol. The van der Waals surface area contributed by atoms with Crippen molar-refractivity contribution in [2.75, 3.05) is 11.9 Å². The van der Waals surface area contributed by atoms with E-state index in [-0.39, 0.29) is 17.9 Å². The van der Waals surface area contributed by atoms with Gasteiger partial charge >= 0.3 is 5.97 Å². The van der Waals surface area contributed by atoms with Crippen LogP contribution in [0.15, 0.2) is 48.5 Å². The topological polar surface area (TPSA) is 55.4 Å². The number of amides is 1. The van der Waals surface area contributed by atoms with Crippen LogP contribution in [0.5, 0.6) is 0 Å². The number of benzene rings is 2. The molecule has 2 aromatic rings. The number of esters is 1. The Kier molecular flexibility index (Phi) is 5.80. The molecule has 0 atom stereocenters. The number of halogens is 2. The van der Waals surface area contributed by atoms with Gasteiger partial charge < -0.3 is 10.1 Å². The molecule has 120 valence electrons. The lowest BCUT2D eigenvalue weighted by atomic mass is 10.1. The van der Waals surface area contributed by atoms with Crippen molar-refractivity contribution in [2.24, 2.45) is 0 Å². The Morgan fingerprint density at radius 2 is 1.74 bits per heavy atom. The molecule has 0 aromatic heterocycles. The summed E-state index contributed by atoms with van der Waals surface area (Å²) in [5, 5.41) is 2.42. The van der Waals surface area contributed by atoms with Crippen molar-refractivity contribution >= 4 is 17.6 Å². The van der Waals surface area contributed by atoms with Gasteiger partial charge in [-0.1, -0.05) is 18.2 Å². The third kappa shape index (κ3) is 5.86. The van der Waals surface area contributed by atoms with Crippen molar-refractivity contribution in [3.63, 3.8) is 0 Å². The van der Waals surface area contributed by atoms with Gasteiger partial charge in [-0.2, -0.15) is 0 Å². The molecule has 6 heteroatoms. The van der Waals surface area contributed by atoms with Crippen molar-refractivity contribution in [1.82, 2.24) is 0 Å². The van der Waals surface area contributed by atoms with E-state index in [1.54, 1.807) is 12.1 Å². The van der Waals surface area contributed by atoms with Gasteiger partial charge in [-0.3, -0.25) is 9.59 Å². The quantitative estimate of drug-likeness (QED) is 0.833. The molecule has 0 aliphatic rings. The van der Waals surface area contributed by atoms with E-state index >= 15 is 0 Å². The molecule has 0 spiro atoms. The Bertz CT molecular complexity index is 686. The van der Waals surface area contributed by atoms with Gasteiger partial charge in [0.2, 0.25) is 0 Å². The average molecular weight is 319 g/mol. The van der Waals surface area contributed by atoms with Gasteiger partial charge in [0, 0.05) is 12.1 Å². The minimum atomic E-state index is -0.550. The molecule has 0 heterocycles. The Morgan fingerprint density at radius 1 is 1.00 bits per heavy atom. The van der Waals surface area contributed by atoms with Gasteiger partial charge in [-0.15, -0.1) is 0 Å². The van der Waals surface area contributed by atoms with E-state index in [0.717, 1.165) is 11.6 Å². The summed E-state index contributed by atoms with van der Waals surface area (Å²) in [6, 6.07) is 11.2.